The SMILES string of the molecule is O=C(CCCc1ccccc1)NC(Cc1c[nH]c2c1/C=C\CC/C=C\2)C(=O)NCCCCCC(=O)ON1C(=O)CCC1=O. The fourth-order valence-electron chi connectivity index (χ4n) is 5.10. The first-order valence-electron chi connectivity index (χ1n) is 15.1. The second-order valence-corrected chi connectivity index (χ2v) is 10.8. The maximum atomic E-state index is 13.3. The van der Waals surface area contributed by atoms with Gasteiger partial charge in [0.05, 0.1) is 0 Å². The molecule has 0 bridgehead atoms. The van der Waals surface area contributed by atoms with E-state index < -0.39 is 23.8 Å². The third-order valence-electron chi connectivity index (χ3n) is 7.45. The second-order valence-electron chi connectivity index (χ2n) is 10.8. The molecule has 1 aliphatic heterocycles. The van der Waals surface area contributed by atoms with Crippen molar-refractivity contribution in [3.8, 4) is 0 Å². The van der Waals surface area contributed by atoms with Crippen LogP contribution in [-0.2, 0) is 41.7 Å². The summed E-state index contributed by atoms with van der Waals surface area (Å²) < 4.78 is 0. The monoisotopic (exact) mass is 588 g/mol. The van der Waals surface area contributed by atoms with Crippen LogP contribution in [0.4, 0.5) is 0 Å². The molecule has 0 spiro atoms. The predicted octanol–water partition coefficient (Wildman–Crippen LogP) is 4.17. The summed E-state index contributed by atoms with van der Waals surface area (Å²) in [5.41, 5.74) is 4.13. The fraction of sp³-hybridized carbons (Fsp3) is 0.424. The number of nitrogens with one attached hydrogen (secondary N) is 3. The van der Waals surface area contributed by atoms with Gasteiger partial charge in [0.15, 0.2) is 0 Å². The number of aromatic amines is 1. The van der Waals surface area contributed by atoms with Crippen molar-refractivity contribution >= 4 is 41.8 Å². The van der Waals surface area contributed by atoms with Crippen molar-refractivity contribution in [1.82, 2.24) is 20.7 Å². The Morgan fingerprint density at radius 1 is 0.907 bits per heavy atom. The largest absolute Gasteiger partial charge is 0.361 e. The minimum absolute atomic E-state index is 0.0568. The Bertz CT molecular complexity index is 1330. The Hall–Kier alpha value is -4.47. The molecule has 10 nitrogen and oxygen atoms in total. The van der Waals surface area contributed by atoms with Gasteiger partial charge in [-0.2, -0.15) is 0 Å². The molecule has 1 fully saturated rings. The molecule has 3 N–H and O–H groups in total. The van der Waals surface area contributed by atoms with E-state index in [0.29, 0.717) is 50.1 Å². The number of fused-ring (bicyclic) bond motifs is 1. The summed E-state index contributed by atoms with van der Waals surface area (Å²) >= 11 is 0. The van der Waals surface area contributed by atoms with Gasteiger partial charge >= 0.3 is 5.97 Å². The number of carbonyl (C=O) groups excluding carboxylic acids is 5. The molecule has 4 amide bonds. The number of nitrogens with zero attached hydrogens (tertiary/aromatic N) is 1. The van der Waals surface area contributed by atoms with Gasteiger partial charge in [-0.25, -0.2) is 4.79 Å². The molecule has 228 valence electrons. The molecule has 1 saturated heterocycles. The zero-order chi connectivity index (χ0) is 30.4. The number of hydrogen-bond acceptors (Lipinski definition) is 6. The number of H-pyrrole nitrogens is 1. The van der Waals surface area contributed by atoms with E-state index in [2.05, 4.69) is 39.9 Å². The number of benzene rings is 1. The number of rotatable bonds is 15. The van der Waals surface area contributed by atoms with Crippen LogP contribution in [0.3, 0.4) is 0 Å². The summed E-state index contributed by atoms with van der Waals surface area (Å²) in [7, 11) is 0. The Kier molecular flexibility index (Phi) is 11.9. The van der Waals surface area contributed by atoms with Crippen LogP contribution in [0.15, 0.2) is 48.7 Å². The molecule has 0 radical (unpaired) electrons. The van der Waals surface area contributed by atoms with Crippen molar-refractivity contribution in [2.24, 2.45) is 0 Å². The molecular formula is C33H40N4O6. The number of unbranched alkanes of at least 4 members (excludes halogenated alkanes) is 2. The van der Waals surface area contributed by atoms with Crippen molar-refractivity contribution in [3.63, 3.8) is 0 Å². The smallest absolute Gasteiger partial charge is 0.333 e. The number of amides is 4. The quantitative estimate of drug-likeness (QED) is 0.211. The number of aryl methyl sites for hydroxylation is 1. The first kappa shape index (κ1) is 31.5. The topological polar surface area (TPSA) is 138 Å². The number of hydroxylamine groups is 2. The number of aromatic nitrogens is 1. The highest BCUT2D eigenvalue weighted by Gasteiger charge is 2.32. The van der Waals surface area contributed by atoms with Crippen LogP contribution in [0.5, 0.6) is 0 Å². The van der Waals surface area contributed by atoms with Crippen molar-refractivity contribution in [2.45, 2.75) is 83.1 Å². The van der Waals surface area contributed by atoms with Gasteiger partial charge in [-0.3, -0.25) is 19.2 Å². The highest BCUT2D eigenvalue weighted by atomic mass is 16.7. The molecule has 1 aliphatic carbocycles. The van der Waals surface area contributed by atoms with Crippen LogP contribution < -0.4 is 10.6 Å². The molecule has 10 heteroatoms. The predicted molar refractivity (Wildman–Crippen MR) is 162 cm³/mol. The fourth-order valence-corrected chi connectivity index (χ4v) is 5.10. The average molecular weight is 589 g/mol. The van der Waals surface area contributed by atoms with Crippen LogP contribution in [0, 0.1) is 0 Å². The van der Waals surface area contributed by atoms with Gasteiger partial charge in [-0.15, -0.1) is 5.06 Å². The Labute approximate surface area is 251 Å². The molecule has 4 rings (SSSR count). The Morgan fingerprint density at radius 2 is 1.65 bits per heavy atom. The molecule has 2 aliphatic rings. The van der Waals surface area contributed by atoms with Crippen molar-refractivity contribution in [1.29, 1.82) is 0 Å². The first-order valence-corrected chi connectivity index (χ1v) is 15.1. The maximum Gasteiger partial charge on any atom is 0.333 e. The highest BCUT2D eigenvalue weighted by molar-refractivity contribution is 6.01. The van der Waals surface area contributed by atoms with Gasteiger partial charge in [0, 0.05) is 56.1 Å². The summed E-state index contributed by atoms with van der Waals surface area (Å²) in [6, 6.07) is 9.25. The number of allylic oxidation sites excluding steroid dienone is 2. The molecule has 1 unspecified atom stereocenters. The van der Waals surface area contributed by atoms with E-state index in [9.17, 15) is 24.0 Å². The van der Waals surface area contributed by atoms with Crippen LogP contribution in [0.25, 0.3) is 12.2 Å². The van der Waals surface area contributed by atoms with Gasteiger partial charge in [-0.1, -0.05) is 55.0 Å². The lowest BCUT2D eigenvalue weighted by atomic mass is 10.00. The first-order chi connectivity index (χ1) is 20.9. The van der Waals surface area contributed by atoms with E-state index >= 15 is 0 Å². The minimum Gasteiger partial charge on any atom is -0.361 e. The molecule has 1 atom stereocenters. The minimum atomic E-state index is -0.738. The van der Waals surface area contributed by atoms with Gasteiger partial charge in [0.1, 0.15) is 6.04 Å². The van der Waals surface area contributed by atoms with E-state index in [4.69, 9.17) is 4.84 Å². The van der Waals surface area contributed by atoms with E-state index in [1.165, 1.54) is 5.56 Å². The summed E-state index contributed by atoms with van der Waals surface area (Å²) in [4.78, 5) is 69.5. The van der Waals surface area contributed by atoms with E-state index in [1.54, 1.807) is 0 Å². The zero-order valence-corrected chi connectivity index (χ0v) is 24.4. The second kappa shape index (κ2) is 16.2. The Morgan fingerprint density at radius 3 is 2.42 bits per heavy atom. The van der Waals surface area contributed by atoms with Crippen LogP contribution >= 0.6 is 0 Å². The van der Waals surface area contributed by atoms with Gasteiger partial charge in [0.2, 0.25) is 11.8 Å². The third-order valence-corrected chi connectivity index (χ3v) is 7.45. The summed E-state index contributed by atoms with van der Waals surface area (Å²) in [6.45, 7) is 0.380. The lowest BCUT2D eigenvalue weighted by Gasteiger charge is -2.19. The van der Waals surface area contributed by atoms with Crippen molar-refractivity contribution in [2.75, 3.05) is 6.54 Å². The average Bonchev–Trinajstić information content (AvgIpc) is 3.50. The van der Waals surface area contributed by atoms with Gasteiger partial charge in [0.25, 0.3) is 11.8 Å². The lowest BCUT2D eigenvalue weighted by molar-refractivity contribution is -0.197. The number of hydrogen-bond donors (Lipinski definition) is 3. The zero-order valence-electron chi connectivity index (χ0n) is 24.4. The van der Waals surface area contributed by atoms with Gasteiger partial charge < -0.3 is 20.5 Å². The molecule has 0 saturated carbocycles. The van der Waals surface area contributed by atoms with E-state index in [0.717, 1.165) is 36.1 Å². The molecule has 1 aromatic heterocycles. The molecule has 43 heavy (non-hydrogen) atoms. The highest BCUT2D eigenvalue weighted by Crippen LogP contribution is 2.22. The number of carbonyl (C=O) groups is 5. The lowest BCUT2D eigenvalue weighted by Crippen LogP contribution is -2.48. The van der Waals surface area contributed by atoms with Crippen LogP contribution in [0.2, 0.25) is 0 Å². The summed E-state index contributed by atoms with van der Waals surface area (Å²) in [5.74, 6) is -2.07. The standard InChI is InChI=1S/C33H40N4O6/c38-29(17-11-14-24-12-5-3-6-13-24)36-28(22-25-23-35-27-16-8-2-1-7-15-26(25)27)33(42)34-21-10-4-9-18-32(41)43-37-30(39)19-20-31(37)40/h3,5-8,12-13,15-16,23,28,35H,1-2,4,9-11,14,17-22H2,(H,34,42)(H,36,38)/b15-7-,16-8-. The number of imide groups is 1. The molecule has 2 aromatic rings. The molecular weight excluding hydrogens is 548 g/mol. The van der Waals surface area contributed by atoms with Crippen LogP contribution in [0.1, 0.15) is 86.6 Å². The van der Waals surface area contributed by atoms with Gasteiger partial charge in [-0.05, 0) is 55.7 Å². The van der Waals surface area contributed by atoms with Crippen molar-refractivity contribution < 1.29 is 28.8 Å². The van der Waals surface area contributed by atoms with Crippen LogP contribution in [-0.4, -0.2) is 52.2 Å². The summed E-state index contributed by atoms with van der Waals surface area (Å²) in [6.07, 6.45) is 16.2. The molecule has 2 heterocycles. The van der Waals surface area contributed by atoms with Crippen molar-refractivity contribution in [3.05, 3.63) is 71.1 Å². The third kappa shape index (κ3) is 9.80. The van der Waals surface area contributed by atoms with E-state index in [1.807, 2.05) is 36.5 Å². The Balaban J connectivity index is 1.26. The summed E-state index contributed by atoms with van der Waals surface area (Å²) in [5, 5.41) is 6.44. The van der Waals surface area contributed by atoms with E-state index in [-0.39, 0.29) is 31.1 Å². The maximum absolute atomic E-state index is 13.3. The normalized spacial score (nSPS) is 16.5. The molecule has 1 aromatic carbocycles.